The lowest BCUT2D eigenvalue weighted by Gasteiger charge is -2.01. The van der Waals surface area contributed by atoms with Gasteiger partial charge in [-0.25, -0.2) is 9.55 Å². The molecule has 120 valence electrons. The maximum absolute atomic E-state index is 4.68. The summed E-state index contributed by atoms with van der Waals surface area (Å²) < 4.78 is 6.05. The van der Waals surface area contributed by atoms with Crippen LogP contribution in [-0.4, -0.2) is 19.1 Å². The van der Waals surface area contributed by atoms with E-state index in [-0.39, 0.29) is 12.4 Å². The minimum Gasteiger partial charge on any atom is -1.00 e. The van der Waals surface area contributed by atoms with Crippen molar-refractivity contribution in [2.75, 3.05) is 0 Å². The number of imidazole rings is 2. The molecular weight excluding hydrogens is 322 g/mol. The zero-order chi connectivity index (χ0) is 15.5. The standard InChI is InChI=1S/C18H16N5.ClH/c1-2-5-16(6-3-1)13-21-11-12-23(15-21)18-8-4-7-17(20-18)22-10-9-19-14-22;/h1-12,14-15H,13H2;1H/q+1;/p-1. The number of halogens is 1. The molecule has 3 heterocycles. The molecule has 6 heteroatoms. The van der Waals surface area contributed by atoms with Crippen molar-refractivity contribution >= 4 is 0 Å². The first-order chi connectivity index (χ1) is 11.4. The molecule has 0 amide bonds. The summed E-state index contributed by atoms with van der Waals surface area (Å²) in [4.78, 5) is 8.74. The lowest BCUT2D eigenvalue weighted by molar-refractivity contribution is -0.687. The number of hydrogen-bond donors (Lipinski definition) is 0. The first-order valence-electron chi connectivity index (χ1n) is 7.45. The molecule has 0 radical (unpaired) electrons. The number of rotatable bonds is 4. The van der Waals surface area contributed by atoms with Crippen LogP contribution >= 0.6 is 0 Å². The van der Waals surface area contributed by atoms with Crippen LogP contribution in [0.1, 0.15) is 5.56 Å². The van der Waals surface area contributed by atoms with Crippen LogP contribution in [0.4, 0.5) is 0 Å². The molecule has 3 aromatic heterocycles. The third kappa shape index (κ3) is 3.36. The predicted octanol–water partition coefficient (Wildman–Crippen LogP) is -0.602. The van der Waals surface area contributed by atoms with E-state index in [1.165, 1.54) is 5.56 Å². The second-order valence-electron chi connectivity index (χ2n) is 5.30. The summed E-state index contributed by atoms with van der Waals surface area (Å²) in [6.45, 7) is 0.842. The molecule has 0 atom stereocenters. The summed E-state index contributed by atoms with van der Waals surface area (Å²) in [5.74, 6) is 1.73. The van der Waals surface area contributed by atoms with Crippen LogP contribution in [0.25, 0.3) is 11.6 Å². The monoisotopic (exact) mass is 337 g/mol. The van der Waals surface area contributed by atoms with E-state index < -0.39 is 0 Å². The Morgan fingerprint density at radius 3 is 2.42 bits per heavy atom. The Labute approximate surface area is 146 Å². The second-order valence-corrected chi connectivity index (χ2v) is 5.30. The van der Waals surface area contributed by atoms with Crippen molar-refractivity contribution in [1.82, 2.24) is 19.1 Å². The number of nitrogens with zero attached hydrogens (tertiary/aromatic N) is 5. The smallest absolute Gasteiger partial charge is 0.250 e. The van der Waals surface area contributed by atoms with E-state index in [1.54, 1.807) is 12.5 Å². The van der Waals surface area contributed by atoms with Crippen molar-refractivity contribution in [2.45, 2.75) is 6.54 Å². The van der Waals surface area contributed by atoms with Crippen molar-refractivity contribution in [2.24, 2.45) is 0 Å². The Bertz CT molecular complexity index is 900. The molecule has 0 aliphatic rings. The fraction of sp³-hybridized carbons (Fsp3) is 0.0556. The van der Waals surface area contributed by atoms with Crippen molar-refractivity contribution in [3.8, 4) is 11.6 Å². The molecule has 0 aliphatic heterocycles. The van der Waals surface area contributed by atoms with Crippen molar-refractivity contribution in [3.63, 3.8) is 0 Å². The van der Waals surface area contributed by atoms with Gasteiger partial charge in [0.15, 0.2) is 0 Å². The Kier molecular flexibility index (Phi) is 4.72. The van der Waals surface area contributed by atoms with Gasteiger partial charge in [-0.1, -0.05) is 36.4 Å². The normalized spacial score (nSPS) is 10.3. The molecule has 0 bridgehead atoms. The van der Waals surface area contributed by atoms with Crippen LogP contribution in [0.15, 0.2) is 86.0 Å². The molecule has 0 saturated carbocycles. The first kappa shape index (κ1) is 16.0. The quantitative estimate of drug-likeness (QED) is 0.466. The number of pyridine rings is 1. The van der Waals surface area contributed by atoms with Crippen LogP contribution < -0.4 is 17.0 Å². The summed E-state index contributed by atoms with van der Waals surface area (Å²) in [5, 5.41) is 0. The van der Waals surface area contributed by atoms with Gasteiger partial charge in [0.1, 0.15) is 31.1 Å². The van der Waals surface area contributed by atoms with E-state index in [0.29, 0.717) is 0 Å². The molecule has 5 nitrogen and oxygen atoms in total. The summed E-state index contributed by atoms with van der Waals surface area (Å²) in [5.41, 5.74) is 1.27. The molecule has 0 unspecified atom stereocenters. The van der Waals surface area contributed by atoms with Gasteiger partial charge in [0.05, 0.1) is 0 Å². The van der Waals surface area contributed by atoms with E-state index in [1.807, 2.05) is 52.1 Å². The van der Waals surface area contributed by atoms with Gasteiger partial charge in [-0.3, -0.25) is 4.57 Å². The third-order valence-corrected chi connectivity index (χ3v) is 3.65. The second kappa shape index (κ2) is 7.10. The van der Waals surface area contributed by atoms with Crippen LogP contribution in [0.2, 0.25) is 0 Å². The lowest BCUT2D eigenvalue weighted by atomic mass is 10.2. The van der Waals surface area contributed by atoms with Gasteiger partial charge < -0.3 is 12.4 Å². The maximum atomic E-state index is 4.68. The van der Waals surface area contributed by atoms with Crippen LogP contribution in [-0.2, 0) is 6.54 Å². The first-order valence-corrected chi connectivity index (χ1v) is 7.45. The van der Waals surface area contributed by atoms with E-state index >= 15 is 0 Å². The molecular formula is C18H16ClN5. The summed E-state index contributed by atoms with van der Waals surface area (Å²) in [7, 11) is 0. The van der Waals surface area contributed by atoms with Gasteiger partial charge in [-0.15, -0.1) is 0 Å². The zero-order valence-corrected chi connectivity index (χ0v) is 13.7. The number of aromatic nitrogens is 5. The van der Waals surface area contributed by atoms with E-state index in [9.17, 15) is 0 Å². The van der Waals surface area contributed by atoms with Crippen LogP contribution in [0.5, 0.6) is 0 Å². The third-order valence-electron chi connectivity index (χ3n) is 3.65. The molecule has 0 fully saturated rings. The molecule has 0 saturated heterocycles. The van der Waals surface area contributed by atoms with E-state index in [4.69, 9.17) is 0 Å². The van der Waals surface area contributed by atoms with Gasteiger partial charge in [0.25, 0.3) is 6.33 Å². The molecule has 1 aromatic carbocycles. The highest BCUT2D eigenvalue weighted by molar-refractivity contribution is 5.31. The Hall–Kier alpha value is -2.92. The molecule has 0 N–H and O–H groups in total. The topological polar surface area (TPSA) is 39.5 Å². The summed E-state index contributed by atoms with van der Waals surface area (Å²) >= 11 is 0. The molecule has 0 aliphatic carbocycles. The highest BCUT2D eigenvalue weighted by atomic mass is 35.5. The average Bonchev–Trinajstić information content (AvgIpc) is 3.28. The Balaban J connectivity index is 0.00000169. The number of hydrogen-bond acceptors (Lipinski definition) is 2. The summed E-state index contributed by atoms with van der Waals surface area (Å²) in [6, 6.07) is 16.4. The van der Waals surface area contributed by atoms with Gasteiger partial charge in [-0.2, -0.15) is 9.55 Å². The molecule has 4 rings (SSSR count). The minimum atomic E-state index is 0. The highest BCUT2D eigenvalue weighted by Gasteiger charge is 2.09. The predicted molar refractivity (Wildman–Crippen MR) is 86.4 cm³/mol. The molecule has 4 aromatic rings. The SMILES string of the molecule is [Cl-].c1ccc(C[n+]2ccn(-c3cccc(-n4ccnc4)n3)c2)cc1. The number of benzene rings is 1. The fourth-order valence-electron chi connectivity index (χ4n) is 2.51. The molecule has 0 spiro atoms. The van der Waals surface area contributed by atoms with Gasteiger partial charge in [0, 0.05) is 18.5 Å². The van der Waals surface area contributed by atoms with E-state index in [0.717, 1.165) is 18.2 Å². The van der Waals surface area contributed by atoms with E-state index in [2.05, 4.69) is 45.0 Å². The van der Waals surface area contributed by atoms with Gasteiger partial charge in [0.2, 0.25) is 5.82 Å². The largest absolute Gasteiger partial charge is 1.00 e. The van der Waals surface area contributed by atoms with Gasteiger partial charge in [-0.05, 0) is 11.6 Å². The maximum Gasteiger partial charge on any atom is 0.250 e. The Morgan fingerprint density at radius 1 is 0.875 bits per heavy atom. The highest BCUT2D eigenvalue weighted by Crippen LogP contribution is 2.08. The zero-order valence-electron chi connectivity index (χ0n) is 12.9. The van der Waals surface area contributed by atoms with Crippen molar-refractivity contribution in [3.05, 3.63) is 91.5 Å². The molecule has 24 heavy (non-hydrogen) atoms. The average molecular weight is 338 g/mol. The van der Waals surface area contributed by atoms with Gasteiger partial charge >= 0.3 is 0 Å². The Morgan fingerprint density at radius 2 is 1.67 bits per heavy atom. The lowest BCUT2D eigenvalue weighted by Crippen LogP contribution is -3.00. The van der Waals surface area contributed by atoms with Crippen molar-refractivity contribution in [1.29, 1.82) is 0 Å². The van der Waals surface area contributed by atoms with Crippen LogP contribution in [0.3, 0.4) is 0 Å². The van der Waals surface area contributed by atoms with Crippen molar-refractivity contribution < 1.29 is 17.0 Å². The minimum absolute atomic E-state index is 0. The van der Waals surface area contributed by atoms with Crippen LogP contribution in [0, 0.1) is 0 Å². The fourth-order valence-corrected chi connectivity index (χ4v) is 2.51. The summed E-state index contributed by atoms with van der Waals surface area (Å²) in [6.07, 6.45) is 11.5.